The highest BCUT2D eigenvalue weighted by Crippen LogP contribution is 2.33. The van der Waals surface area contributed by atoms with Crippen molar-refractivity contribution >= 4 is 32.2 Å². The fraction of sp³-hybridized carbons (Fsp3) is 0.118. The summed E-state index contributed by atoms with van der Waals surface area (Å²) in [7, 11) is 3.29. The molecule has 0 amide bonds. The first-order valence-corrected chi connectivity index (χ1v) is 9.01. The SMILES string of the molecule is COc1ccc(-c2nn3c(-c4ccc(OC)cc4Br)nnc3s2)cc1. The third-order valence-electron chi connectivity index (χ3n) is 3.74. The van der Waals surface area contributed by atoms with Gasteiger partial charge in [-0.1, -0.05) is 11.3 Å². The van der Waals surface area contributed by atoms with Crippen molar-refractivity contribution in [3.63, 3.8) is 0 Å². The van der Waals surface area contributed by atoms with Crippen LogP contribution in [0.1, 0.15) is 0 Å². The summed E-state index contributed by atoms with van der Waals surface area (Å²) < 4.78 is 13.1. The van der Waals surface area contributed by atoms with Gasteiger partial charge in [0.25, 0.3) is 0 Å². The smallest absolute Gasteiger partial charge is 0.235 e. The Morgan fingerprint density at radius 1 is 0.960 bits per heavy atom. The Morgan fingerprint density at radius 2 is 1.68 bits per heavy atom. The van der Waals surface area contributed by atoms with E-state index in [0.717, 1.165) is 37.1 Å². The van der Waals surface area contributed by atoms with Crippen LogP contribution in [0.25, 0.3) is 26.9 Å². The highest BCUT2D eigenvalue weighted by molar-refractivity contribution is 9.10. The van der Waals surface area contributed by atoms with Crippen LogP contribution in [0.2, 0.25) is 0 Å². The van der Waals surface area contributed by atoms with Crippen LogP contribution in [0.5, 0.6) is 11.5 Å². The van der Waals surface area contributed by atoms with E-state index in [2.05, 4.69) is 31.2 Å². The first-order valence-electron chi connectivity index (χ1n) is 7.40. The number of aromatic nitrogens is 4. The lowest BCUT2D eigenvalue weighted by atomic mass is 10.2. The predicted octanol–water partition coefficient (Wildman–Crippen LogP) is 4.30. The van der Waals surface area contributed by atoms with Crippen LogP contribution in [-0.2, 0) is 0 Å². The summed E-state index contributed by atoms with van der Waals surface area (Å²) in [6.07, 6.45) is 0. The summed E-state index contributed by atoms with van der Waals surface area (Å²) in [6, 6.07) is 13.5. The van der Waals surface area contributed by atoms with Crippen LogP contribution in [0.15, 0.2) is 46.9 Å². The molecule has 0 spiro atoms. The van der Waals surface area contributed by atoms with Crippen LogP contribution < -0.4 is 9.47 Å². The molecule has 0 saturated heterocycles. The Kier molecular flexibility index (Phi) is 4.14. The maximum Gasteiger partial charge on any atom is 0.235 e. The quantitative estimate of drug-likeness (QED) is 0.496. The van der Waals surface area contributed by atoms with Gasteiger partial charge in [0.15, 0.2) is 5.82 Å². The van der Waals surface area contributed by atoms with E-state index in [-0.39, 0.29) is 0 Å². The molecule has 126 valence electrons. The molecule has 2 aromatic heterocycles. The standard InChI is InChI=1S/C17H13BrN4O2S/c1-23-11-5-3-10(4-6-11)16-21-22-15(19-20-17(22)25-16)13-8-7-12(24-2)9-14(13)18/h3-9H,1-2H3. The van der Waals surface area contributed by atoms with Crippen LogP contribution in [0.4, 0.5) is 0 Å². The normalized spacial score (nSPS) is 11.0. The summed E-state index contributed by atoms with van der Waals surface area (Å²) >= 11 is 5.05. The molecule has 0 aliphatic carbocycles. The van der Waals surface area contributed by atoms with Gasteiger partial charge in [0.1, 0.15) is 16.5 Å². The molecule has 8 heteroatoms. The van der Waals surface area contributed by atoms with Gasteiger partial charge in [-0.25, -0.2) is 0 Å². The zero-order valence-corrected chi connectivity index (χ0v) is 15.8. The van der Waals surface area contributed by atoms with E-state index in [1.165, 1.54) is 11.3 Å². The molecule has 0 saturated carbocycles. The van der Waals surface area contributed by atoms with E-state index in [0.29, 0.717) is 5.82 Å². The molecule has 0 aliphatic heterocycles. The number of nitrogens with zero attached hydrogens (tertiary/aromatic N) is 4. The topological polar surface area (TPSA) is 61.5 Å². The van der Waals surface area contributed by atoms with Gasteiger partial charge in [0, 0.05) is 15.6 Å². The highest BCUT2D eigenvalue weighted by Gasteiger charge is 2.16. The second kappa shape index (κ2) is 6.45. The number of methoxy groups -OCH3 is 2. The number of benzene rings is 2. The Hall–Kier alpha value is -2.45. The van der Waals surface area contributed by atoms with E-state index in [1.54, 1.807) is 18.7 Å². The fourth-order valence-electron chi connectivity index (χ4n) is 2.44. The third-order valence-corrected chi connectivity index (χ3v) is 5.35. The zero-order chi connectivity index (χ0) is 17.4. The van der Waals surface area contributed by atoms with Gasteiger partial charge < -0.3 is 9.47 Å². The number of hydrogen-bond acceptors (Lipinski definition) is 6. The first-order chi connectivity index (χ1) is 12.2. The molecule has 0 unspecified atom stereocenters. The zero-order valence-electron chi connectivity index (χ0n) is 13.4. The Bertz CT molecular complexity index is 1040. The van der Waals surface area contributed by atoms with E-state index >= 15 is 0 Å². The Balaban J connectivity index is 1.78. The van der Waals surface area contributed by atoms with E-state index < -0.39 is 0 Å². The molecule has 0 bridgehead atoms. The van der Waals surface area contributed by atoms with Crippen molar-refractivity contribution < 1.29 is 9.47 Å². The summed E-state index contributed by atoms with van der Waals surface area (Å²) in [5.74, 6) is 2.27. The van der Waals surface area contributed by atoms with Crippen molar-refractivity contribution in [1.29, 1.82) is 0 Å². The largest absolute Gasteiger partial charge is 0.497 e. The molecule has 4 rings (SSSR count). The Morgan fingerprint density at radius 3 is 2.36 bits per heavy atom. The molecule has 6 nitrogen and oxygen atoms in total. The minimum atomic E-state index is 0.681. The number of hydrogen-bond donors (Lipinski definition) is 0. The van der Waals surface area contributed by atoms with Crippen LogP contribution in [0, 0.1) is 0 Å². The van der Waals surface area contributed by atoms with Crippen molar-refractivity contribution in [3.05, 3.63) is 46.9 Å². The van der Waals surface area contributed by atoms with Crippen molar-refractivity contribution in [3.8, 4) is 33.5 Å². The fourth-order valence-corrected chi connectivity index (χ4v) is 3.82. The molecule has 4 aromatic rings. The van der Waals surface area contributed by atoms with Gasteiger partial charge >= 0.3 is 0 Å². The van der Waals surface area contributed by atoms with Gasteiger partial charge in [-0.3, -0.25) is 0 Å². The third kappa shape index (κ3) is 2.87. The van der Waals surface area contributed by atoms with Crippen LogP contribution in [-0.4, -0.2) is 34.0 Å². The summed E-state index contributed by atoms with van der Waals surface area (Å²) in [6.45, 7) is 0. The minimum absolute atomic E-state index is 0.681. The van der Waals surface area contributed by atoms with Gasteiger partial charge in [-0.05, 0) is 58.4 Å². The number of rotatable bonds is 4. The average Bonchev–Trinajstić information content (AvgIpc) is 3.23. The second-order valence-electron chi connectivity index (χ2n) is 5.20. The van der Waals surface area contributed by atoms with Crippen molar-refractivity contribution in [2.75, 3.05) is 14.2 Å². The first kappa shape index (κ1) is 16.0. The van der Waals surface area contributed by atoms with Gasteiger partial charge in [-0.2, -0.15) is 9.61 Å². The van der Waals surface area contributed by atoms with E-state index in [1.807, 2.05) is 42.5 Å². The lowest BCUT2D eigenvalue weighted by Crippen LogP contribution is -1.93. The summed E-state index contributed by atoms with van der Waals surface area (Å²) in [4.78, 5) is 0.739. The highest BCUT2D eigenvalue weighted by atomic mass is 79.9. The molecule has 0 aliphatic rings. The molecule has 0 atom stereocenters. The molecule has 2 aromatic carbocycles. The van der Waals surface area contributed by atoms with Gasteiger partial charge in [0.2, 0.25) is 4.96 Å². The monoisotopic (exact) mass is 416 g/mol. The number of fused-ring (bicyclic) bond motifs is 1. The molecule has 0 N–H and O–H groups in total. The maximum atomic E-state index is 5.24. The van der Waals surface area contributed by atoms with Crippen molar-refractivity contribution in [2.24, 2.45) is 0 Å². The van der Waals surface area contributed by atoms with Gasteiger partial charge in [0.05, 0.1) is 14.2 Å². The molecule has 0 fully saturated rings. The van der Waals surface area contributed by atoms with E-state index in [9.17, 15) is 0 Å². The summed E-state index contributed by atoms with van der Waals surface area (Å²) in [5, 5.41) is 14.1. The lowest BCUT2D eigenvalue weighted by molar-refractivity contribution is 0.414. The summed E-state index contributed by atoms with van der Waals surface area (Å²) in [5.41, 5.74) is 1.91. The Labute approximate surface area is 156 Å². The van der Waals surface area contributed by atoms with Crippen molar-refractivity contribution in [2.45, 2.75) is 0 Å². The van der Waals surface area contributed by atoms with Crippen LogP contribution >= 0.6 is 27.3 Å². The number of halogens is 1. The second-order valence-corrected chi connectivity index (χ2v) is 7.01. The molecule has 2 heterocycles. The van der Waals surface area contributed by atoms with E-state index in [4.69, 9.17) is 9.47 Å². The molecular weight excluding hydrogens is 404 g/mol. The van der Waals surface area contributed by atoms with Crippen LogP contribution in [0.3, 0.4) is 0 Å². The minimum Gasteiger partial charge on any atom is -0.497 e. The molecular formula is C17H13BrN4O2S. The van der Waals surface area contributed by atoms with Crippen molar-refractivity contribution in [1.82, 2.24) is 19.8 Å². The predicted molar refractivity (Wildman–Crippen MR) is 100 cm³/mol. The molecule has 0 radical (unpaired) electrons. The van der Waals surface area contributed by atoms with Gasteiger partial charge in [-0.15, -0.1) is 10.2 Å². The maximum absolute atomic E-state index is 5.24. The molecule has 25 heavy (non-hydrogen) atoms. The lowest BCUT2D eigenvalue weighted by Gasteiger charge is -2.04. The average molecular weight is 417 g/mol. The number of ether oxygens (including phenoxy) is 2.